The van der Waals surface area contributed by atoms with E-state index in [-0.39, 0.29) is 42.0 Å². The Bertz CT molecular complexity index is 2100. The van der Waals surface area contributed by atoms with Crippen LogP contribution in [-0.2, 0) is 40.4 Å². The second-order valence-corrected chi connectivity index (χ2v) is 22.1. The number of rotatable bonds is 7. The molecule has 1 aromatic rings. The normalized spacial score (nSPS) is 37.9. The van der Waals surface area contributed by atoms with Crippen molar-refractivity contribution in [2.75, 3.05) is 32.7 Å². The van der Waals surface area contributed by atoms with E-state index in [4.69, 9.17) is 24.7 Å². The zero-order chi connectivity index (χ0) is 52.2. The number of hydrogen-bond acceptors (Lipinski definition) is 12. The number of fused-ring (bicyclic) bond motifs is 3. The van der Waals surface area contributed by atoms with E-state index in [1.807, 2.05) is 62.2 Å². The van der Waals surface area contributed by atoms with E-state index >= 15 is 0 Å². The third-order valence-corrected chi connectivity index (χ3v) is 16.4. The number of carbonyl (C=O) groups is 3. The maximum absolute atomic E-state index is 14.5. The molecule has 0 radical (unpaired) electrons. The van der Waals surface area contributed by atoms with Crippen LogP contribution in [-0.4, -0.2) is 120 Å². The minimum Gasteiger partial charge on any atom is -0.461 e. The van der Waals surface area contributed by atoms with Crippen molar-refractivity contribution in [1.29, 1.82) is 0 Å². The molecular formula is C57H90N4O10. The number of Topliss-reactive ketones (excluding diaryl/α,β-unsaturated/α-hetero) is 1. The SMILES string of the molecule is COC1CC(C[C@@H](C)[C@@H]2CC[C@H](N)/C=C(\C)C(O)[C@@H](OC)CC(C)C[C@H](C)/C=C/C=C/C=C(\C)[C@H](N(C)c3cccn(C)c3=O)CC3CCC(C)C(O)(O3)C(=O)C(=O)N3CCCCC3C(=O)O2)CC[C@H]1C. The Hall–Kier alpha value is -3.92. The highest BCUT2D eigenvalue weighted by molar-refractivity contribution is 6.39. The van der Waals surface area contributed by atoms with Gasteiger partial charge in [0.1, 0.15) is 23.9 Å². The highest BCUT2D eigenvalue weighted by Gasteiger charge is 2.53. The molecule has 1 aromatic heterocycles. The fourth-order valence-electron chi connectivity index (χ4n) is 11.8. The van der Waals surface area contributed by atoms with Crippen LogP contribution in [0.25, 0.3) is 0 Å². The van der Waals surface area contributed by atoms with Gasteiger partial charge in [-0.1, -0.05) is 76.6 Å². The molecule has 14 heteroatoms. The van der Waals surface area contributed by atoms with Crippen LogP contribution >= 0.6 is 0 Å². The van der Waals surface area contributed by atoms with Crippen LogP contribution in [0.1, 0.15) is 138 Å². The van der Waals surface area contributed by atoms with E-state index in [1.54, 1.807) is 40.5 Å². The van der Waals surface area contributed by atoms with Crippen LogP contribution in [0.2, 0.25) is 0 Å². The Morgan fingerprint density at radius 1 is 0.887 bits per heavy atom. The average Bonchev–Trinajstić information content (AvgIpc) is 3.34. The predicted octanol–water partition coefficient (Wildman–Crippen LogP) is 7.98. The number of anilines is 1. The summed E-state index contributed by atoms with van der Waals surface area (Å²) in [6.07, 6.45) is 20.5. The lowest BCUT2D eigenvalue weighted by atomic mass is 9.76. The largest absolute Gasteiger partial charge is 0.461 e. The molecule has 4 N–H and O–H groups in total. The van der Waals surface area contributed by atoms with Crippen LogP contribution in [0, 0.1) is 35.5 Å². The molecule has 0 spiro atoms. The molecule has 1 aliphatic carbocycles. The van der Waals surface area contributed by atoms with Crippen molar-refractivity contribution < 1.29 is 43.5 Å². The van der Waals surface area contributed by atoms with Gasteiger partial charge >= 0.3 is 5.97 Å². The van der Waals surface area contributed by atoms with Gasteiger partial charge in [0, 0.05) is 53.0 Å². The number of aromatic nitrogens is 1. The zero-order valence-electron chi connectivity index (χ0n) is 45.0. The minimum atomic E-state index is -2.44. The maximum Gasteiger partial charge on any atom is 0.329 e. The number of allylic oxidation sites excluding steroid dienone is 5. The van der Waals surface area contributed by atoms with Gasteiger partial charge < -0.3 is 49.3 Å². The van der Waals surface area contributed by atoms with Gasteiger partial charge in [-0.05, 0) is 151 Å². The van der Waals surface area contributed by atoms with Gasteiger partial charge in [0.15, 0.2) is 0 Å². The number of cyclic esters (lactones) is 1. The molecule has 1 saturated carbocycles. The second kappa shape index (κ2) is 26.9. The van der Waals surface area contributed by atoms with Crippen LogP contribution in [0.4, 0.5) is 5.69 Å². The van der Waals surface area contributed by atoms with E-state index < -0.39 is 65.9 Å². The van der Waals surface area contributed by atoms with E-state index in [9.17, 15) is 29.4 Å². The average molecular weight is 991 g/mol. The predicted molar refractivity (Wildman–Crippen MR) is 279 cm³/mol. The monoisotopic (exact) mass is 991 g/mol. The number of likely N-dealkylation sites (N-methyl/N-ethyl adjacent to an activating group) is 1. The molecule has 4 heterocycles. The Labute approximate surface area is 425 Å². The first-order valence-corrected chi connectivity index (χ1v) is 26.7. The topological polar surface area (TPSA) is 183 Å². The molecule has 2 saturated heterocycles. The number of pyridine rings is 1. The summed E-state index contributed by atoms with van der Waals surface area (Å²) < 4.78 is 26.2. The molecule has 15 atom stereocenters. The number of esters is 1. The lowest BCUT2D eigenvalue weighted by molar-refractivity contribution is -0.263. The van der Waals surface area contributed by atoms with Crippen molar-refractivity contribution in [3.05, 3.63) is 76.3 Å². The molecule has 3 aliphatic heterocycles. The van der Waals surface area contributed by atoms with Crippen molar-refractivity contribution in [3.8, 4) is 0 Å². The standard InChI is InChI=1S/C57H90N4O10/c1-36-18-13-12-14-19-38(3)48(60(9)46-21-17-28-59(8)54(46)64)35-45-26-23-42(7)57(67,71-45)53(63)55(65)61-29-16-15-20-47(61)56(66)70-49(40(5)32-43-24-22-39(4)50(34-43)68-10)27-25-44(58)33-41(6)52(62)51(69-11)31-37(2)30-36/h12-14,17-19,21,28,33,36-37,39-40,42-45,47-52,62,67H,15-16,20,22-27,29-32,34-35,58H2,1-11H3/b14-12+,18-13+,38-19+,41-33+/t36-,37?,39-,40-,42?,43?,44+,45?,47?,48-,49+,50?,51+,52?,57?/m1/s1. The maximum atomic E-state index is 14.5. The number of ketones is 1. The second-order valence-electron chi connectivity index (χ2n) is 22.1. The number of aryl methyl sites for hydroxylation is 1. The van der Waals surface area contributed by atoms with Gasteiger partial charge in [-0.25, -0.2) is 4.79 Å². The highest BCUT2D eigenvalue weighted by atomic mass is 16.6. The summed E-state index contributed by atoms with van der Waals surface area (Å²) in [6.45, 7) is 14.4. The molecular weight excluding hydrogens is 901 g/mol. The first-order chi connectivity index (χ1) is 33.7. The number of hydrogen-bond donors (Lipinski definition) is 3. The third-order valence-electron chi connectivity index (χ3n) is 16.4. The lowest BCUT2D eigenvalue weighted by Gasteiger charge is -2.43. The summed E-state index contributed by atoms with van der Waals surface area (Å²) in [4.78, 5) is 60.3. The molecule has 0 aromatic carbocycles. The first kappa shape index (κ1) is 58.0. The summed E-state index contributed by atoms with van der Waals surface area (Å²) in [6, 6.07) is 1.74. The fourth-order valence-corrected chi connectivity index (χ4v) is 11.8. The minimum absolute atomic E-state index is 0.0514. The highest BCUT2D eigenvalue weighted by Crippen LogP contribution is 2.39. The molecule has 2 bridgehead atoms. The van der Waals surface area contributed by atoms with Crippen LogP contribution in [0.5, 0.6) is 0 Å². The molecule has 14 nitrogen and oxygen atoms in total. The van der Waals surface area contributed by atoms with Gasteiger partial charge in [0.25, 0.3) is 17.2 Å². The fraction of sp³-hybridized carbons (Fsp3) is 0.719. The van der Waals surface area contributed by atoms with Crippen LogP contribution in [0.3, 0.4) is 0 Å². The van der Waals surface area contributed by atoms with Gasteiger partial charge in [0.05, 0.1) is 24.4 Å². The van der Waals surface area contributed by atoms with Crippen LogP contribution < -0.4 is 16.2 Å². The van der Waals surface area contributed by atoms with Crippen molar-refractivity contribution in [2.45, 2.75) is 193 Å². The summed E-state index contributed by atoms with van der Waals surface area (Å²) in [5, 5.41) is 23.8. The van der Waals surface area contributed by atoms with E-state index in [0.717, 1.165) is 43.3 Å². The number of nitrogens with zero attached hydrogens (tertiary/aromatic N) is 3. The Kier molecular flexibility index (Phi) is 21.9. The van der Waals surface area contributed by atoms with Gasteiger partial charge in [-0.3, -0.25) is 14.4 Å². The van der Waals surface area contributed by atoms with Crippen molar-refractivity contribution in [3.63, 3.8) is 0 Å². The summed E-state index contributed by atoms with van der Waals surface area (Å²) in [5.74, 6) is -4.50. The van der Waals surface area contributed by atoms with Crippen molar-refractivity contribution in [1.82, 2.24) is 9.47 Å². The van der Waals surface area contributed by atoms with E-state index in [0.29, 0.717) is 75.3 Å². The smallest absolute Gasteiger partial charge is 0.329 e. The van der Waals surface area contributed by atoms with Gasteiger partial charge in [0.2, 0.25) is 5.79 Å². The lowest BCUT2D eigenvalue weighted by Crippen LogP contribution is -2.61. The zero-order valence-corrected chi connectivity index (χ0v) is 45.0. The number of methoxy groups -OCH3 is 2. The molecule has 4 aliphatic rings. The van der Waals surface area contributed by atoms with Crippen LogP contribution in [0.15, 0.2) is 70.7 Å². The Balaban J connectivity index is 1.49. The third kappa shape index (κ3) is 15.3. The molecule has 71 heavy (non-hydrogen) atoms. The Morgan fingerprint density at radius 3 is 2.34 bits per heavy atom. The van der Waals surface area contributed by atoms with Gasteiger partial charge in [-0.2, -0.15) is 0 Å². The van der Waals surface area contributed by atoms with E-state index in [1.165, 1.54) is 9.47 Å². The summed E-state index contributed by atoms with van der Waals surface area (Å²) in [5.41, 5.74) is 8.73. The molecule has 5 rings (SSSR count). The number of aliphatic hydroxyl groups excluding tert-OH is 1. The van der Waals surface area contributed by atoms with E-state index in [2.05, 4.69) is 33.8 Å². The number of aliphatic hydroxyl groups is 2. The van der Waals surface area contributed by atoms with Gasteiger partial charge in [-0.15, -0.1) is 0 Å². The number of amides is 1. The number of carbonyl (C=O) groups excluding carboxylic acids is 3. The number of piperidine rings is 1. The molecule has 8 unspecified atom stereocenters. The molecule has 3 fully saturated rings. The Morgan fingerprint density at radius 2 is 1.62 bits per heavy atom. The molecule has 398 valence electrons. The van der Waals surface area contributed by atoms with Crippen molar-refractivity contribution >= 4 is 23.3 Å². The quantitative estimate of drug-likeness (QED) is 0.136. The number of nitrogens with two attached hydrogens (primary N) is 1. The summed E-state index contributed by atoms with van der Waals surface area (Å²) in [7, 11) is 6.96. The first-order valence-electron chi connectivity index (χ1n) is 26.7. The number of ether oxygens (including phenoxy) is 4. The van der Waals surface area contributed by atoms with Crippen molar-refractivity contribution in [2.24, 2.45) is 48.3 Å². The summed E-state index contributed by atoms with van der Waals surface area (Å²) >= 11 is 0. The molecule has 1 amide bonds.